The maximum absolute atomic E-state index is 13.4. The third-order valence-corrected chi connectivity index (χ3v) is 10.5. The molecular weight excluding hydrogens is 605 g/mol. The van der Waals surface area contributed by atoms with Crippen molar-refractivity contribution in [3.63, 3.8) is 0 Å². The molecule has 3 rings (SSSR count). The van der Waals surface area contributed by atoms with E-state index in [1.165, 1.54) is 25.1 Å². The molecule has 0 aromatic heterocycles. The van der Waals surface area contributed by atoms with Gasteiger partial charge in [0, 0.05) is 51.6 Å². The molecule has 0 amide bonds. The Hall–Kier alpha value is -2.28. The van der Waals surface area contributed by atoms with E-state index in [1.54, 1.807) is 47.0 Å². The summed E-state index contributed by atoms with van der Waals surface area (Å²) in [6, 6.07) is 4.07. The summed E-state index contributed by atoms with van der Waals surface area (Å²) in [6.45, 7) is 12.7. The zero-order valence-corrected chi connectivity index (χ0v) is 26.2. The molecule has 2 heterocycles. The lowest BCUT2D eigenvalue weighted by Gasteiger charge is -2.22. The molecule has 0 bridgehead atoms. The van der Waals surface area contributed by atoms with Gasteiger partial charge in [-0.2, -0.15) is 47.0 Å². The minimum atomic E-state index is -0.742. The first-order valence-corrected chi connectivity index (χ1v) is 17.5. The molecule has 0 saturated carbocycles. The van der Waals surface area contributed by atoms with Crippen molar-refractivity contribution in [3.8, 4) is 0 Å². The van der Waals surface area contributed by atoms with E-state index in [2.05, 4.69) is 19.7 Å². The summed E-state index contributed by atoms with van der Waals surface area (Å²) in [6.07, 6.45) is -0.716. The number of benzene rings is 1. The molecule has 41 heavy (non-hydrogen) atoms. The Balaban J connectivity index is 1.75. The highest BCUT2D eigenvalue weighted by Gasteiger charge is 2.27. The summed E-state index contributed by atoms with van der Waals surface area (Å²) in [7, 11) is 0. The van der Waals surface area contributed by atoms with E-state index in [9.17, 15) is 19.2 Å². The van der Waals surface area contributed by atoms with Gasteiger partial charge >= 0.3 is 23.9 Å². The predicted octanol–water partition coefficient (Wildman–Crippen LogP) is 5.09. The number of carbonyl (C=O) groups is 4. The maximum atomic E-state index is 13.4. The lowest BCUT2D eigenvalue weighted by atomic mass is 10.0. The molecule has 8 nitrogen and oxygen atoms in total. The first-order chi connectivity index (χ1) is 19.6. The van der Waals surface area contributed by atoms with E-state index in [0.717, 1.165) is 34.2 Å². The highest BCUT2D eigenvalue weighted by atomic mass is 32.2. The fourth-order valence-electron chi connectivity index (χ4n) is 3.58. The largest absolute Gasteiger partial charge is 0.459 e. The first kappa shape index (κ1) is 33.2. The average molecular weight is 639 g/mol. The van der Waals surface area contributed by atoms with E-state index in [-0.39, 0.29) is 47.7 Å². The van der Waals surface area contributed by atoms with Crippen molar-refractivity contribution in [1.82, 2.24) is 0 Å². The Morgan fingerprint density at radius 3 is 1.68 bits per heavy atom. The minimum absolute atomic E-state index is 0.0166. The molecule has 1 aromatic carbocycles. The van der Waals surface area contributed by atoms with Crippen LogP contribution >= 0.6 is 47.0 Å². The van der Waals surface area contributed by atoms with Crippen molar-refractivity contribution in [2.75, 3.05) is 59.2 Å². The lowest BCUT2D eigenvalue weighted by Crippen LogP contribution is -2.28. The minimum Gasteiger partial charge on any atom is -0.459 e. The van der Waals surface area contributed by atoms with Crippen LogP contribution < -0.4 is 0 Å². The molecule has 222 valence electrons. The van der Waals surface area contributed by atoms with Gasteiger partial charge in [-0.1, -0.05) is 30.9 Å². The van der Waals surface area contributed by atoms with Gasteiger partial charge in [-0.05, 0) is 25.1 Å². The van der Waals surface area contributed by atoms with Gasteiger partial charge in [0.1, 0.15) is 25.4 Å². The Kier molecular flexibility index (Phi) is 13.8. The van der Waals surface area contributed by atoms with Crippen LogP contribution in [0.2, 0.25) is 0 Å². The maximum Gasteiger partial charge on any atom is 0.339 e. The van der Waals surface area contributed by atoms with Gasteiger partial charge in [0.2, 0.25) is 0 Å². The van der Waals surface area contributed by atoms with E-state index in [1.807, 2.05) is 0 Å². The quantitative estimate of drug-likeness (QED) is 0.118. The molecule has 0 unspecified atom stereocenters. The predicted molar refractivity (Wildman–Crippen MR) is 168 cm³/mol. The molecule has 0 atom stereocenters. The third kappa shape index (κ3) is 11.1. The smallest absolute Gasteiger partial charge is 0.339 e. The molecule has 1 aromatic rings. The highest BCUT2D eigenvalue weighted by Crippen LogP contribution is 2.25. The fraction of sp³-hybridized carbons (Fsp3) is 0.448. The molecule has 0 radical (unpaired) electrons. The standard InChI is InChI=1S/C29H34O8S4/c1-18(2)26(30)34-7-8-35-27(31)21-5-6-24(28(32)36-22-14-38-10-19(3)11-39-15-22)25(9-21)29(33)37-23-16-40-12-20(4)13-41-17-23/h5-6,9,22-23H,1,3-4,7-8,10-17H2,2H3. The summed E-state index contributed by atoms with van der Waals surface area (Å²) in [5, 5.41) is 0. The van der Waals surface area contributed by atoms with E-state index in [4.69, 9.17) is 18.9 Å². The second-order valence-electron chi connectivity index (χ2n) is 9.43. The van der Waals surface area contributed by atoms with Gasteiger partial charge in [-0.15, -0.1) is 0 Å². The van der Waals surface area contributed by atoms with Crippen LogP contribution in [0.1, 0.15) is 38.0 Å². The van der Waals surface area contributed by atoms with Crippen molar-refractivity contribution >= 4 is 70.9 Å². The number of rotatable bonds is 9. The molecule has 2 aliphatic rings. The number of ether oxygens (including phenoxy) is 4. The van der Waals surface area contributed by atoms with E-state index < -0.39 is 23.9 Å². The Morgan fingerprint density at radius 1 is 0.732 bits per heavy atom. The van der Waals surface area contributed by atoms with Crippen LogP contribution in [0.25, 0.3) is 0 Å². The molecule has 12 heteroatoms. The molecular formula is C29H34O8S4. The SMILES string of the molecule is C=C1CSCC(OC(=O)c2ccc(C(=O)OCCOC(=O)C(=C)C)cc2C(=O)OC2CSCC(=C)CSC2)CSC1. The zero-order valence-electron chi connectivity index (χ0n) is 23.0. The summed E-state index contributed by atoms with van der Waals surface area (Å²) in [5.74, 6) is 2.85. The van der Waals surface area contributed by atoms with Gasteiger partial charge in [-0.25, -0.2) is 19.2 Å². The average Bonchev–Trinajstić information content (AvgIpc) is 2.91. The van der Waals surface area contributed by atoms with Gasteiger partial charge in [-0.3, -0.25) is 0 Å². The van der Waals surface area contributed by atoms with Crippen LogP contribution in [0.3, 0.4) is 0 Å². The summed E-state index contributed by atoms with van der Waals surface area (Å²) in [5.41, 5.74) is 2.50. The monoisotopic (exact) mass is 638 g/mol. The van der Waals surface area contributed by atoms with Crippen LogP contribution in [0.4, 0.5) is 0 Å². The third-order valence-electron chi connectivity index (χ3n) is 5.58. The van der Waals surface area contributed by atoms with Gasteiger partial charge in [0.15, 0.2) is 0 Å². The Morgan fingerprint density at radius 2 is 1.20 bits per heavy atom. The number of carbonyl (C=O) groups excluding carboxylic acids is 4. The van der Waals surface area contributed by atoms with E-state index >= 15 is 0 Å². The van der Waals surface area contributed by atoms with Crippen LogP contribution in [-0.4, -0.2) is 95.3 Å². The molecule has 0 aliphatic carbocycles. The van der Waals surface area contributed by atoms with Gasteiger partial charge in [0.25, 0.3) is 0 Å². The molecule has 2 aliphatic heterocycles. The van der Waals surface area contributed by atoms with E-state index in [0.29, 0.717) is 23.0 Å². The highest BCUT2D eigenvalue weighted by molar-refractivity contribution is 8.01. The van der Waals surface area contributed by atoms with Crippen LogP contribution in [-0.2, 0) is 23.7 Å². The Bertz CT molecular complexity index is 1160. The van der Waals surface area contributed by atoms with Gasteiger partial charge in [0.05, 0.1) is 16.7 Å². The number of thioether (sulfide) groups is 4. The zero-order chi connectivity index (χ0) is 29.8. The topological polar surface area (TPSA) is 105 Å². The second-order valence-corrected chi connectivity index (χ2v) is 13.5. The van der Waals surface area contributed by atoms with Crippen LogP contribution in [0.15, 0.2) is 54.7 Å². The number of hydrogen-bond acceptors (Lipinski definition) is 12. The lowest BCUT2D eigenvalue weighted by molar-refractivity contribution is -0.140. The molecule has 0 spiro atoms. The second kappa shape index (κ2) is 17.0. The Labute approximate surface area is 257 Å². The van der Waals surface area contributed by atoms with Crippen molar-refractivity contribution in [2.45, 2.75) is 19.1 Å². The fourth-order valence-corrected chi connectivity index (χ4v) is 7.96. The molecule has 2 fully saturated rings. The molecule has 0 N–H and O–H groups in total. The summed E-state index contributed by atoms with van der Waals surface area (Å²) in [4.78, 5) is 50.9. The summed E-state index contributed by atoms with van der Waals surface area (Å²) >= 11 is 6.57. The first-order valence-electron chi connectivity index (χ1n) is 12.8. The van der Waals surface area contributed by atoms with Crippen molar-refractivity contribution in [3.05, 3.63) is 71.3 Å². The van der Waals surface area contributed by atoms with Crippen LogP contribution in [0, 0.1) is 0 Å². The molecule has 2 saturated heterocycles. The van der Waals surface area contributed by atoms with Crippen LogP contribution in [0.5, 0.6) is 0 Å². The normalized spacial score (nSPS) is 17.3. The van der Waals surface area contributed by atoms with Crippen molar-refractivity contribution < 1.29 is 38.1 Å². The van der Waals surface area contributed by atoms with Crippen molar-refractivity contribution in [1.29, 1.82) is 0 Å². The van der Waals surface area contributed by atoms with Gasteiger partial charge < -0.3 is 18.9 Å². The number of esters is 4. The van der Waals surface area contributed by atoms with Crippen molar-refractivity contribution in [2.24, 2.45) is 0 Å². The summed E-state index contributed by atoms with van der Waals surface area (Å²) < 4.78 is 21.7. The number of hydrogen-bond donors (Lipinski definition) is 0.